The second-order valence-corrected chi connectivity index (χ2v) is 12.6. The fraction of sp³-hybridized carbons (Fsp3) is 0.308. The van der Waals surface area contributed by atoms with Gasteiger partial charge in [-0.25, -0.2) is 4.79 Å². The number of carbonyl (C=O) groups excluding carboxylic acids is 3. The van der Waals surface area contributed by atoms with Crippen LogP contribution in [0.25, 0.3) is 11.1 Å². The molecule has 1 saturated heterocycles. The maximum absolute atomic E-state index is 14.5. The van der Waals surface area contributed by atoms with Crippen LogP contribution in [0.2, 0.25) is 0 Å². The number of hydrogen-bond donors (Lipinski definition) is 0. The standard InChI is InChI=1S/C39H37NO7/c1-26(41)28-11-12-31(33(20-28)38(43)45-24-27-7-3-2-4-8-27)23-40(37(42)34-22-39(34)15-6-17-44-18-16-39)32-10-5-9-29(19-32)30-13-14-35-36(21-30)47-25-46-35/h2-5,7-14,19-21,34H,6,15-18,22-25H2,1H3. The lowest BCUT2D eigenvalue weighted by molar-refractivity contribution is -0.120. The van der Waals surface area contributed by atoms with Gasteiger partial charge in [0.15, 0.2) is 17.3 Å². The van der Waals surface area contributed by atoms with Gasteiger partial charge in [0, 0.05) is 30.4 Å². The molecule has 0 radical (unpaired) electrons. The molecule has 0 N–H and O–H groups in total. The Hall–Kier alpha value is -4.95. The van der Waals surface area contributed by atoms with Crippen molar-refractivity contribution in [3.8, 4) is 22.6 Å². The van der Waals surface area contributed by atoms with Crippen LogP contribution in [0.3, 0.4) is 0 Å². The first kappa shape index (κ1) is 30.7. The monoisotopic (exact) mass is 631 g/mol. The van der Waals surface area contributed by atoms with Crippen LogP contribution < -0.4 is 14.4 Å². The van der Waals surface area contributed by atoms with Crippen molar-refractivity contribution in [2.45, 2.75) is 45.8 Å². The van der Waals surface area contributed by atoms with Gasteiger partial charge in [-0.2, -0.15) is 0 Å². The van der Waals surface area contributed by atoms with E-state index in [0.717, 1.165) is 54.7 Å². The fourth-order valence-corrected chi connectivity index (χ4v) is 6.79. The van der Waals surface area contributed by atoms with Crippen LogP contribution in [0.4, 0.5) is 5.69 Å². The third kappa shape index (κ3) is 6.51. The maximum Gasteiger partial charge on any atom is 0.338 e. The first-order chi connectivity index (χ1) is 22.9. The zero-order valence-electron chi connectivity index (χ0n) is 26.4. The van der Waals surface area contributed by atoms with Crippen LogP contribution in [0.15, 0.2) is 91.0 Å². The Morgan fingerprint density at radius 2 is 1.68 bits per heavy atom. The SMILES string of the molecule is CC(=O)c1ccc(CN(C(=O)C2CC23CCCOCC3)c2cccc(-c3ccc4c(c3)OCO4)c2)c(C(=O)OCc2ccccc2)c1. The van der Waals surface area contributed by atoms with Crippen molar-refractivity contribution >= 4 is 23.3 Å². The summed E-state index contributed by atoms with van der Waals surface area (Å²) in [4.78, 5) is 42.3. The summed E-state index contributed by atoms with van der Waals surface area (Å²) < 4.78 is 22.6. The number of benzene rings is 4. The summed E-state index contributed by atoms with van der Waals surface area (Å²) in [6.07, 6.45) is 3.58. The van der Waals surface area contributed by atoms with Crippen LogP contribution in [0, 0.1) is 11.3 Å². The highest BCUT2D eigenvalue weighted by molar-refractivity contribution is 6.00. The van der Waals surface area contributed by atoms with E-state index in [1.165, 1.54) is 6.92 Å². The molecule has 8 nitrogen and oxygen atoms in total. The van der Waals surface area contributed by atoms with Gasteiger partial charge < -0.3 is 23.8 Å². The molecule has 8 heteroatoms. The lowest BCUT2D eigenvalue weighted by atomic mass is 9.93. The normalized spacial score (nSPS) is 19.6. The first-order valence-corrected chi connectivity index (χ1v) is 16.1. The second kappa shape index (κ2) is 13.0. The van der Waals surface area contributed by atoms with Gasteiger partial charge in [0.2, 0.25) is 12.7 Å². The number of nitrogens with zero attached hydrogens (tertiary/aromatic N) is 1. The quantitative estimate of drug-likeness (QED) is 0.141. The number of rotatable bonds is 9. The molecule has 2 aliphatic heterocycles. The van der Waals surface area contributed by atoms with E-state index in [0.29, 0.717) is 29.2 Å². The molecule has 240 valence electrons. The Morgan fingerprint density at radius 1 is 0.851 bits per heavy atom. The van der Waals surface area contributed by atoms with Gasteiger partial charge in [-0.15, -0.1) is 0 Å². The molecule has 4 aromatic rings. The number of hydrogen-bond acceptors (Lipinski definition) is 7. The van der Waals surface area contributed by atoms with Crippen molar-refractivity contribution in [3.63, 3.8) is 0 Å². The van der Waals surface area contributed by atoms with Gasteiger partial charge in [-0.3, -0.25) is 9.59 Å². The average Bonchev–Trinajstić information content (AvgIpc) is 3.71. The summed E-state index contributed by atoms with van der Waals surface area (Å²) in [5, 5.41) is 0. The van der Waals surface area contributed by atoms with Crippen molar-refractivity contribution in [1.82, 2.24) is 0 Å². The molecule has 4 aromatic carbocycles. The Morgan fingerprint density at radius 3 is 2.53 bits per heavy atom. The van der Waals surface area contributed by atoms with E-state index in [-0.39, 0.29) is 48.5 Å². The molecule has 2 atom stereocenters. The molecule has 0 aromatic heterocycles. The molecule has 47 heavy (non-hydrogen) atoms. The highest BCUT2D eigenvalue weighted by atomic mass is 16.7. The topological polar surface area (TPSA) is 91.4 Å². The number of ether oxygens (including phenoxy) is 4. The molecule has 2 heterocycles. The van der Waals surface area contributed by atoms with E-state index < -0.39 is 5.97 Å². The number of carbonyl (C=O) groups is 3. The minimum absolute atomic E-state index is 0.0222. The molecule has 1 saturated carbocycles. The van der Waals surface area contributed by atoms with E-state index >= 15 is 0 Å². The molecule has 1 aliphatic carbocycles. The Kier molecular flexibility index (Phi) is 8.52. The predicted octanol–water partition coefficient (Wildman–Crippen LogP) is 7.38. The summed E-state index contributed by atoms with van der Waals surface area (Å²) in [5.41, 5.74) is 4.65. The molecule has 7 rings (SSSR count). The highest BCUT2D eigenvalue weighted by Gasteiger charge is 2.58. The molecule has 0 bridgehead atoms. The number of esters is 1. The van der Waals surface area contributed by atoms with Crippen molar-refractivity contribution in [2.24, 2.45) is 11.3 Å². The molecule has 1 amide bonds. The van der Waals surface area contributed by atoms with Gasteiger partial charge in [0.1, 0.15) is 6.61 Å². The van der Waals surface area contributed by atoms with E-state index in [1.54, 1.807) is 23.1 Å². The summed E-state index contributed by atoms with van der Waals surface area (Å²) in [6, 6.07) is 28.2. The fourth-order valence-electron chi connectivity index (χ4n) is 6.79. The van der Waals surface area contributed by atoms with Gasteiger partial charge in [-0.1, -0.05) is 60.7 Å². The maximum atomic E-state index is 14.5. The summed E-state index contributed by atoms with van der Waals surface area (Å²) >= 11 is 0. The molecule has 2 unspecified atom stereocenters. The third-order valence-corrected chi connectivity index (χ3v) is 9.60. The smallest absolute Gasteiger partial charge is 0.338 e. The van der Waals surface area contributed by atoms with Crippen molar-refractivity contribution < 1.29 is 33.3 Å². The van der Waals surface area contributed by atoms with E-state index in [1.807, 2.05) is 72.8 Å². The molecule has 3 aliphatic rings. The minimum Gasteiger partial charge on any atom is -0.457 e. The number of ketones is 1. The molecule has 1 spiro atoms. The minimum atomic E-state index is -0.544. The summed E-state index contributed by atoms with van der Waals surface area (Å²) in [7, 11) is 0. The molecule has 2 fully saturated rings. The number of fused-ring (bicyclic) bond motifs is 1. The van der Waals surface area contributed by atoms with Crippen molar-refractivity contribution in [1.29, 1.82) is 0 Å². The van der Waals surface area contributed by atoms with Gasteiger partial charge in [-0.05, 0) is 90.6 Å². The number of amides is 1. The van der Waals surface area contributed by atoms with Crippen molar-refractivity contribution in [3.05, 3.63) is 113 Å². The first-order valence-electron chi connectivity index (χ1n) is 16.1. The van der Waals surface area contributed by atoms with Gasteiger partial charge >= 0.3 is 5.97 Å². The van der Waals surface area contributed by atoms with E-state index in [2.05, 4.69) is 0 Å². The molecular formula is C39H37NO7. The van der Waals surface area contributed by atoms with Crippen LogP contribution >= 0.6 is 0 Å². The summed E-state index contributed by atoms with van der Waals surface area (Å²) in [6.45, 7) is 3.27. The van der Waals surface area contributed by atoms with Crippen LogP contribution in [-0.2, 0) is 27.4 Å². The second-order valence-electron chi connectivity index (χ2n) is 12.6. The van der Waals surface area contributed by atoms with Crippen LogP contribution in [0.5, 0.6) is 11.5 Å². The Labute approximate surface area is 274 Å². The van der Waals surface area contributed by atoms with E-state index in [9.17, 15) is 14.4 Å². The number of anilines is 1. The largest absolute Gasteiger partial charge is 0.457 e. The van der Waals surface area contributed by atoms with Gasteiger partial charge in [0.25, 0.3) is 0 Å². The lowest BCUT2D eigenvalue weighted by Gasteiger charge is -2.26. The van der Waals surface area contributed by atoms with Crippen LogP contribution in [-0.4, -0.2) is 37.7 Å². The zero-order valence-corrected chi connectivity index (χ0v) is 26.4. The average molecular weight is 632 g/mol. The molecular weight excluding hydrogens is 594 g/mol. The third-order valence-electron chi connectivity index (χ3n) is 9.60. The van der Waals surface area contributed by atoms with E-state index in [4.69, 9.17) is 18.9 Å². The Balaban J connectivity index is 1.23. The lowest BCUT2D eigenvalue weighted by Crippen LogP contribution is -2.34. The highest BCUT2D eigenvalue weighted by Crippen LogP contribution is 2.60. The predicted molar refractivity (Wildman–Crippen MR) is 176 cm³/mol. The zero-order chi connectivity index (χ0) is 32.4. The van der Waals surface area contributed by atoms with Crippen molar-refractivity contribution in [2.75, 3.05) is 24.9 Å². The van der Waals surface area contributed by atoms with Gasteiger partial charge in [0.05, 0.1) is 12.1 Å². The summed E-state index contributed by atoms with van der Waals surface area (Å²) in [5.74, 6) is 0.567. The number of Topliss-reactive ketones (excluding diaryl/α,β-unsaturated/α-hetero) is 1. The Bertz CT molecular complexity index is 1810. The van der Waals surface area contributed by atoms with Crippen LogP contribution in [0.1, 0.15) is 64.4 Å².